The lowest BCUT2D eigenvalue weighted by atomic mass is 10.2. The fourth-order valence-corrected chi connectivity index (χ4v) is 3.14. The van der Waals surface area contributed by atoms with Crippen molar-refractivity contribution in [1.82, 2.24) is 9.97 Å². The molecular weight excluding hydrogens is 324 g/mol. The second-order valence-electron chi connectivity index (χ2n) is 6.06. The molecule has 1 aliphatic heterocycles. The van der Waals surface area contributed by atoms with Crippen molar-refractivity contribution < 1.29 is 4.74 Å². The van der Waals surface area contributed by atoms with Gasteiger partial charge in [-0.1, -0.05) is 24.4 Å². The average Bonchev–Trinajstić information content (AvgIpc) is 2.84. The van der Waals surface area contributed by atoms with Gasteiger partial charge in [-0.2, -0.15) is 4.98 Å². The van der Waals surface area contributed by atoms with E-state index in [1.165, 1.54) is 25.7 Å². The summed E-state index contributed by atoms with van der Waals surface area (Å²) in [6.45, 7) is 4.09. The smallest absolute Gasteiger partial charge is 0.229 e. The fourth-order valence-electron chi connectivity index (χ4n) is 2.97. The van der Waals surface area contributed by atoms with Crippen molar-refractivity contribution in [2.24, 2.45) is 0 Å². The normalized spacial score (nSPS) is 15.0. The third kappa shape index (κ3) is 4.09. The standard InChI is InChI=1S/C18H23ClN4O/c1-13-11-17(23-9-5-3-4-6-10-23)22-18(20-13)21-15-12-14(19)7-8-16(15)24-2/h7-8,11-12H,3-6,9-10H2,1-2H3,(H,20,21,22). The van der Waals surface area contributed by atoms with Crippen LogP contribution in [0, 0.1) is 6.92 Å². The van der Waals surface area contributed by atoms with Gasteiger partial charge in [0.2, 0.25) is 5.95 Å². The maximum atomic E-state index is 6.10. The van der Waals surface area contributed by atoms with E-state index in [4.69, 9.17) is 21.3 Å². The minimum Gasteiger partial charge on any atom is -0.495 e. The zero-order chi connectivity index (χ0) is 16.9. The predicted molar refractivity (Wildman–Crippen MR) is 98.7 cm³/mol. The first kappa shape index (κ1) is 16.8. The topological polar surface area (TPSA) is 50.3 Å². The molecule has 1 aliphatic rings. The third-order valence-electron chi connectivity index (χ3n) is 4.18. The van der Waals surface area contributed by atoms with Crippen molar-refractivity contribution in [3.8, 4) is 5.75 Å². The van der Waals surface area contributed by atoms with E-state index in [1.54, 1.807) is 13.2 Å². The Balaban J connectivity index is 1.87. The molecule has 128 valence electrons. The van der Waals surface area contributed by atoms with Gasteiger partial charge >= 0.3 is 0 Å². The molecule has 6 heteroatoms. The molecule has 0 amide bonds. The van der Waals surface area contributed by atoms with Gasteiger partial charge in [-0.05, 0) is 38.0 Å². The second kappa shape index (κ2) is 7.71. The summed E-state index contributed by atoms with van der Waals surface area (Å²) in [7, 11) is 1.63. The summed E-state index contributed by atoms with van der Waals surface area (Å²) in [5.74, 6) is 2.25. The van der Waals surface area contributed by atoms with E-state index in [-0.39, 0.29) is 0 Å². The molecule has 5 nitrogen and oxygen atoms in total. The number of nitrogens with zero attached hydrogens (tertiary/aromatic N) is 3. The molecule has 0 saturated carbocycles. The Morgan fingerprint density at radius 2 is 1.83 bits per heavy atom. The average molecular weight is 347 g/mol. The molecular formula is C18H23ClN4O. The van der Waals surface area contributed by atoms with E-state index in [0.717, 1.165) is 30.3 Å². The van der Waals surface area contributed by atoms with Crippen molar-refractivity contribution >= 4 is 29.1 Å². The molecule has 1 N–H and O–H groups in total. The van der Waals surface area contributed by atoms with Crippen LogP contribution in [0.3, 0.4) is 0 Å². The number of anilines is 3. The van der Waals surface area contributed by atoms with Crippen molar-refractivity contribution in [3.63, 3.8) is 0 Å². The number of hydrogen-bond donors (Lipinski definition) is 1. The maximum absolute atomic E-state index is 6.10. The molecule has 0 unspecified atom stereocenters. The van der Waals surface area contributed by atoms with Crippen LogP contribution >= 0.6 is 11.6 Å². The van der Waals surface area contributed by atoms with Crippen molar-refractivity contribution in [2.45, 2.75) is 32.6 Å². The van der Waals surface area contributed by atoms with Gasteiger partial charge in [-0.25, -0.2) is 4.98 Å². The predicted octanol–water partition coefficient (Wildman–Crippen LogP) is 4.57. The molecule has 1 aromatic heterocycles. The SMILES string of the molecule is COc1ccc(Cl)cc1Nc1nc(C)cc(N2CCCCCC2)n1. The highest BCUT2D eigenvalue weighted by Gasteiger charge is 2.14. The Kier molecular flexibility index (Phi) is 5.41. The Morgan fingerprint density at radius 1 is 1.08 bits per heavy atom. The number of aromatic nitrogens is 2. The Bertz CT molecular complexity index is 699. The first-order valence-electron chi connectivity index (χ1n) is 8.37. The quantitative estimate of drug-likeness (QED) is 0.878. The van der Waals surface area contributed by atoms with E-state index in [2.05, 4.69) is 15.2 Å². The van der Waals surface area contributed by atoms with Crippen LogP contribution in [0.4, 0.5) is 17.5 Å². The lowest BCUT2D eigenvalue weighted by molar-refractivity contribution is 0.417. The van der Waals surface area contributed by atoms with Crippen LogP contribution in [0.1, 0.15) is 31.4 Å². The zero-order valence-electron chi connectivity index (χ0n) is 14.2. The molecule has 0 atom stereocenters. The minimum atomic E-state index is 0.565. The number of rotatable bonds is 4. The highest BCUT2D eigenvalue weighted by Crippen LogP contribution is 2.30. The minimum absolute atomic E-state index is 0.565. The summed E-state index contributed by atoms with van der Waals surface area (Å²) in [4.78, 5) is 11.6. The van der Waals surface area contributed by atoms with E-state index in [1.807, 2.05) is 25.1 Å². The molecule has 0 spiro atoms. The van der Waals surface area contributed by atoms with Gasteiger partial charge in [-0.15, -0.1) is 0 Å². The molecule has 0 bridgehead atoms. The molecule has 0 radical (unpaired) electrons. The first-order chi connectivity index (χ1) is 11.7. The molecule has 2 heterocycles. The highest BCUT2D eigenvalue weighted by molar-refractivity contribution is 6.31. The number of aryl methyl sites for hydroxylation is 1. The molecule has 3 rings (SSSR count). The Hall–Kier alpha value is -2.01. The number of nitrogens with one attached hydrogen (secondary N) is 1. The van der Waals surface area contributed by atoms with Crippen LogP contribution in [0.5, 0.6) is 5.75 Å². The lowest BCUT2D eigenvalue weighted by Gasteiger charge is -2.22. The fraction of sp³-hybridized carbons (Fsp3) is 0.444. The summed E-state index contributed by atoms with van der Waals surface area (Å²) >= 11 is 6.10. The monoisotopic (exact) mass is 346 g/mol. The third-order valence-corrected chi connectivity index (χ3v) is 4.41. The van der Waals surface area contributed by atoms with Crippen LogP contribution in [0.15, 0.2) is 24.3 Å². The summed E-state index contributed by atoms with van der Waals surface area (Å²) in [5, 5.41) is 3.88. The summed E-state index contributed by atoms with van der Waals surface area (Å²) in [5.41, 5.74) is 1.70. The Labute approximate surface area is 148 Å². The first-order valence-corrected chi connectivity index (χ1v) is 8.75. The van der Waals surface area contributed by atoms with Crippen molar-refractivity contribution in [2.75, 3.05) is 30.4 Å². The summed E-state index contributed by atoms with van der Waals surface area (Å²) in [6.07, 6.45) is 5.03. The molecule has 2 aromatic rings. The van der Waals surface area contributed by atoms with Gasteiger partial charge < -0.3 is 15.0 Å². The number of methoxy groups -OCH3 is 1. The second-order valence-corrected chi connectivity index (χ2v) is 6.50. The number of ether oxygens (including phenoxy) is 1. The van der Waals surface area contributed by atoms with Crippen LogP contribution in [-0.2, 0) is 0 Å². The van der Waals surface area contributed by atoms with Crippen LogP contribution in [-0.4, -0.2) is 30.2 Å². The molecule has 1 aromatic carbocycles. The zero-order valence-corrected chi connectivity index (χ0v) is 14.9. The molecule has 0 aliphatic carbocycles. The highest BCUT2D eigenvalue weighted by atomic mass is 35.5. The van der Waals surface area contributed by atoms with Gasteiger partial charge in [0, 0.05) is 29.9 Å². The van der Waals surface area contributed by atoms with Crippen molar-refractivity contribution in [1.29, 1.82) is 0 Å². The number of hydrogen-bond acceptors (Lipinski definition) is 5. The molecule has 1 saturated heterocycles. The van der Waals surface area contributed by atoms with Gasteiger partial charge in [0.15, 0.2) is 0 Å². The summed E-state index contributed by atoms with van der Waals surface area (Å²) in [6, 6.07) is 7.49. The van der Waals surface area contributed by atoms with E-state index >= 15 is 0 Å². The van der Waals surface area contributed by atoms with Gasteiger partial charge in [-0.3, -0.25) is 0 Å². The van der Waals surface area contributed by atoms with Gasteiger partial charge in [0.25, 0.3) is 0 Å². The van der Waals surface area contributed by atoms with Crippen LogP contribution in [0.2, 0.25) is 5.02 Å². The van der Waals surface area contributed by atoms with Crippen LogP contribution < -0.4 is 15.0 Å². The van der Waals surface area contributed by atoms with Gasteiger partial charge in [0.1, 0.15) is 11.6 Å². The van der Waals surface area contributed by atoms with Crippen molar-refractivity contribution in [3.05, 3.63) is 35.0 Å². The lowest BCUT2D eigenvalue weighted by Crippen LogP contribution is -2.25. The van der Waals surface area contributed by atoms with E-state index < -0.39 is 0 Å². The largest absolute Gasteiger partial charge is 0.495 e. The molecule has 1 fully saturated rings. The van der Waals surface area contributed by atoms with Gasteiger partial charge in [0.05, 0.1) is 12.8 Å². The number of benzene rings is 1. The van der Waals surface area contributed by atoms with E-state index in [9.17, 15) is 0 Å². The van der Waals surface area contributed by atoms with Crippen LogP contribution in [0.25, 0.3) is 0 Å². The summed E-state index contributed by atoms with van der Waals surface area (Å²) < 4.78 is 5.38. The Morgan fingerprint density at radius 3 is 2.54 bits per heavy atom. The van der Waals surface area contributed by atoms with E-state index in [0.29, 0.717) is 16.7 Å². The molecule has 24 heavy (non-hydrogen) atoms. The maximum Gasteiger partial charge on any atom is 0.229 e. The number of halogens is 1.